The third-order valence-corrected chi connectivity index (χ3v) is 7.34. The zero-order valence-electron chi connectivity index (χ0n) is 25.3. The zero-order chi connectivity index (χ0) is 29.5. The van der Waals surface area contributed by atoms with E-state index in [0.717, 1.165) is 11.1 Å². The first-order valence-corrected chi connectivity index (χ1v) is 14.4. The molecule has 2 rings (SSSR count). The summed E-state index contributed by atoms with van der Waals surface area (Å²) in [5, 5.41) is 13.0. The van der Waals surface area contributed by atoms with E-state index in [2.05, 4.69) is 45.2 Å². The molecule has 1 aliphatic heterocycles. The van der Waals surface area contributed by atoms with Crippen molar-refractivity contribution in [2.75, 3.05) is 53.2 Å². The number of carbonyl (C=O) groups excluding carboxylic acids is 2. The average molecular weight is 559 g/mol. The van der Waals surface area contributed by atoms with Gasteiger partial charge in [0.15, 0.2) is 0 Å². The molecule has 0 aromatic carbocycles. The minimum absolute atomic E-state index is 0.134. The SMILES string of the molecule is COCCOCCOCCNC(=O)C1CC(O)CN1C(=O)C=C(C)C=CC=C(C)C=CC1=C(C)CCCC1(C)C. The molecule has 0 saturated carbocycles. The van der Waals surface area contributed by atoms with Crippen LogP contribution in [-0.4, -0.2) is 87.2 Å². The Hall–Kier alpha value is -2.52. The Balaban J connectivity index is 1.85. The van der Waals surface area contributed by atoms with Crippen molar-refractivity contribution in [3.63, 3.8) is 0 Å². The second kappa shape index (κ2) is 17.3. The van der Waals surface area contributed by atoms with Crippen LogP contribution in [-0.2, 0) is 23.8 Å². The maximum absolute atomic E-state index is 13.0. The topological polar surface area (TPSA) is 97.3 Å². The van der Waals surface area contributed by atoms with Crippen LogP contribution in [0.2, 0.25) is 0 Å². The highest BCUT2D eigenvalue weighted by Gasteiger charge is 2.38. The van der Waals surface area contributed by atoms with Gasteiger partial charge < -0.3 is 29.5 Å². The fourth-order valence-corrected chi connectivity index (χ4v) is 5.09. The van der Waals surface area contributed by atoms with Gasteiger partial charge in [-0.05, 0) is 56.6 Å². The minimum Gasteiger partial charge on any atom is -0.391 e. The molecular formula is C32H50N2O6. The molecule has 0 spiro atoms. The predicted octanol–water partition coefficient (Wildman–Crippen LogP) is 4.28. The molecule has 8 nitrogen and oxygen atoms in total. The minimum atomic E-state index is -0.727. The maximum atomic E-state index is 13.0. The molecule has 0 aromatic rings. The number of aliphatic hydroxyl groups is 1. The lowest BCUT2D eigenvalue weighted by atomic mass is 9.72. The lowest BCUT2D eigenvalue weighted by molar-refractivity contribution is -0.135. The summed E-state index contributed by atoms with van der Waals surface area (Å²) in [4.78, 5) is 27.1. The van der Waals surface area contributed by atoms with Gasteiger partial charge in [0, 0.05) is 32.7 Å². The Morgan fingerprint density at radius 3 is 2.48 bits per heavy atom. The maximum Gasteiger partial charge on any atom is 0.247 e. The quantitative estimate of drug-likeness (QED) is 0.177. The van der Waals surface area contributed by atoms with E-state index in [9.17, 15) is 14.7 Å². The third kappa shape index (κ3) is 11.5. The van der Waals surface area contributed by atoms with Crippen LogP contribution in [0.3, 0.4) is 0 Å². The molecule has 40 heavy (non-hydrogen) atoms. The Morgan fingerprint density at radius 2 is 1.77 bits per heavy atom. The van der Waals surface area contributed by atoms with Gasteiger partial charge in [-0.25, -0.2) is 0 Å². The van der Waals surface area contributed by atoms with Crippen LogP contribution < -0.4 is 5.32 Å². The molecule has 8 heteroatoms. The number of hydrogen-bond donors (Lipinski definition) is 2. The number of nitrogens with one attached hydrogen (secondary N) is 1. The molecule has 2 aliphatic rings. The van der Waals surface area contributed by atoms with Gasteiger partial charge in [-0.3, -0.25) is 9.59 Å². The van der Waals surface area contributed by atoms with Crippen LogP contribution in [0.1, 0.15) is 60.3 Å². The van der Waals surface area contributed by atoms with Gasteiger partial charge >= 0.3 is 0 Å². The zero-order valence-corrected chi connectivity index (χ0v) is 25.3. The molecule has 2 N–H and O–H groups in total. The van der Waals surface area contributed by atoms with Crippen molar-refractivity contribution in [1.82, 2.24) is 10.2 Å². The van der Waals surface area contributed by atoms with Crippen molar-refractivity contribution in [2.24, 2.45) is 5.41 Å². The fourth-order valence-electron chi connectivity index (χ4n) is 5.09. The van der Waals surface area contributed by atoms with Crippen LogP contribution in [0.15, 0.2) is 58.7 Å². The first kappa shape index (κ1) is 33.7. The second-order valence-corrected chi connectivity index (χ2v) is 11.3. The van der Waals surface area contributed by atoms with Crippen molar-refractivity contribution in [2.45, 2.75) is 72.4 Å². The van der Waals surface area contributed by atoms with Gasteiger partial charge in [-0.1, -0.05) is 55.4 Å². The van der Waals surface area contributed by atoms with Crippen molar-refractivity contribution in [3.8, 4) is 0 Å². The molecular weight excluding hydrogens is 508 g/mol. The fraction of sp³-hybridized carbons (Fsp3) is 0.625. The molecule has 0 bridgehead atoms. The summed E-state index contributed by atoms with van der Waals surface area (Å²) in [6.45, 7) is 13.5. The van der Waals surface area contributed by atoms with E-state index < -0.39 is 12.1 Å². The van der Waals surface area contributed by atoms with E-state index >= 15 is 0 Å². The molecule has 224 valence electrons. The number of methoxy groups -OCH3 is 1. The number of aliphatic hydroxyl groups excluding tert-OH is 1. The molecule has 1 aliphatic carbocycles. The number of rotatable bonds is 15. The Labute approximate surface area is 240 Å². The lowest BCUT2D eigenvalue weighted by Gasteiger charge is -2.32. The number of likely N-dealkylation sites (tertiary alicyclic amines) is 1. The highest BCUT2D eigenvalue weighted by molar-refractivity contribution is 5.94. The predicted molar refractivity (Wildman–Crippen MR) is 159 cm³/mol. The molecule has 0 aromatic heterocycles. The van der Waals surface area contributed by atoms with Gasteiger partial charge in [0.1, 0.15) is 6.04 Å². The highest BCUT2D eigenvalue weighted by Crippen LogP contribution is 2.40. The lowest BCUT2D eigenvalue weighted by Crippen LogP contribution is -2.46. The molecule has 2 amide bonds. The van der Waals surface area contributed by atoms with Gasteiger partial charge in [-0.15, -0.1) is 0 Å². The normalized spacial score (nSPS) is 22.1. The largest absolute Gasteiger partial charge is 0.391 e. The van der Waals surface area contributed by atoms with Crippen LogP contribution in [0, 0.1) is 5.41 Å². The molecule has 1 saturated heterocycles. The van der Waals surface area contributed by atoms with Crippen LogP contribution in [0.4, 0.5) is 0 Å². The summed E-state index contributed by atoms with van der Waals surface area (Å²) in [6, 6.07) is -0.706. The second-order valence-electron chi connectivity index (χ2n) is 11.3. The molecule has 2 atom stereocenters. The number of hydrogen-bond acceptors (Lipinski definition) is 6. The number of allylic oxidation sites excluding steroid dienone is 9. The summed E-state index contributed by atoms with van der Waals surface area (Å²) in [6.07, 6.45) is 14.9. The van der Waals surface area contributed by atoms with Gasteiger partial charge in [0.25, 0.3) is 0 Å². The van der Waals surface area contributed by atoms with Crippen LogP contribution in [0.5, 0.6) is 0 Å². The number of β-amino-alcohol motifs (C(OH)–C–C–N with tert-alkyl or cyclic N) is 1. The standard InChI is InChI=1S/C32H50N2O6/c1-24(12-13-28-26(3)11-8-14-32(28,4)5)9-7-10-25(2)21-30(36)34-23-27(35)22-29(34)31(37)33-15-16-39-19-20-40-18-17-38-6/h7,9-10,12-13,21,27,29,35H,8,11,14-20,22-23H2,1-6H3,(H,33,37). The monoisotopic (exact) mass is 558 g/mol. The smallest absolute Gasteiger partial charge is 0.247 e. The van der Waals surface area contributed by atoms with Gasteiger partial charge in [0.05, 0.1) is 39.1 Å². The average Bonchev–Trinajstić information content (AvgIpc) is 3.29. The molecule has 2 unspecified atom stereocenters. The number of ether oxygens (including phenoxy) is 3. The Morgan fingerprint density at radius 1 is 1.07 bits per heavy atom. The van der Waals surface area contributed by atoms with E-state index in [-0.39, 0.29) is 30.2 Å². The van der Waals surface area contributed by atoms with Gasteiger partial charge in [0.2, 0.25) is 11.8 Å². The molecule has 1 fully saturated rings. The molecule has 1 heterocycles. The summed E-state index contributed by atoms with van der Waals surface area (Å²) in [5.74, 6) is -0.575. The Bertz CT molecular complexity index is 991. The van der Waals surface area contributed by atoms with Crippen molar-refractivity contribution < 1.29 is 28.9 Å². The summed E-state index contributed by atoms with van der Waals surface area (Å²) in [7, 11) is 1.62. The summed E-state index contributed by atoms with van der Waals surface area (Å²) >= 11 is 0. The van der Waals surface area contributed by atoms with E-state index in [1.807, 2.05) is 25.2 Å². The van der Waals surface area contributed by atoms with E-state index in [1.165, 1.54) is 41.4 Å². The van der Waals surface area contributed by atoms with Crippen molar-refractivity contribution in [3.05, 3.63) is 58.7 Å². The van der Waals surface area contributed by atoms with Crippen molar-refractivity contribution >= 4 is 11.8 Å². The first-order chi connectivity index (χ1) is 19.0. The van der Waals surface area contributed by atoms with E-state index in [4.69, 9.17) is 14.2 Å². The van der Waals surface area contributed by atoms with E-state index in [0.29, 0.717) is 39.6 Å². The molecule has 0 radical (unpaired) electrons. The van der Waals surface area contributed by atoms with Crippen LogP contribution in [0.25, 0.3) is 0 Å². The van der Waals surface area contributed by atoms with Crippen molar-refractivity contribution in [1.29, 1.82) is 0 Å². The van der Waals surface area contributed by atoms with E-state index in [1.54, 1.807) is 7.11 Å². The van der Waals surface area contributed by atoms with Gasteiger partial charge in [-0.2, -0.15) is 0 Å². The van der Waals surface area contributed by atoms with Crippen LogP contribution >= 0.6 is 0 Å². The third-order valence-electron chi connectivity index (χ3n) is 7.34. The number of nitrogens with zero attached hydrogens (tertiary/aromatic N) is 1. The number of amides is 2. The Kier molecular flexibility index (Phi) is 14.6. The summed E-state index contributed by atoms with van der Waals surface area (Å²) < 4.78 is 15.7. The number of carbonyl (C=O) groups is 2. The first-order valence-electron chi connectivity index (χ1n) is 14.4. The highest BCUT2D eigenvalue weighted by atomic mass is 16.5. The summed E-state index contributed by atoms with van der Waals surface area (Å²) in [5.41, 5.74) is 5.00.